The highest BCUT2D eigenvalue weighted by Crippen LogP contribution is 2.33. The number of nitrogens with zero attached hydrogens (tertiary/aromatic N) is 1. The maximum atomic E-state index is 11.8. The van der Waals surface area contributed by atoms with Crippen LogP contribution in [0.5, 0.6) is 0 Å². The lowest BCUT2D eigenvalue weighted by Crippen LogP contribution is -2.39. The fraction of sp³-hybridized carbons (Fsp3) is 0.750. The van der Waals surface area contributed by atoms with Gasteiger partial charge in [0.05, 0.1) is 27.7 Å². The molecule has 0 aliphatic heterocycles. The summed E-state index contributed by atoms with van der Waals surface area (Å²) in [5.41, 5.74) is -0.00784. The molecule has 0 aliphatic carbocycles. The van der Waals surface area contributed by atoms with Crippen molar-refractivity contribution in [2.75, 3.05) is 40.5 Å². The Balaban J connectivity index is 3.47. The number of carbonyl (C=O) groups excluding carboxylic acids is 2. The second kappa shape index (κ2) is 11.8. The maximum absolute atomic E-state index is 11.8. The van der Waals surface area contributed by atoms with Gasteiger partial charge < -0.3 is 14.1 Å². The largest absolute Gasteiger partial charge is 0.463 e. The molecule has 0 rings (SSSR count). The molecular weight excluding hydrogens is 301 g/mol. The molecule has 0 aromatic carbocycles. The molecule has 5 nitrogen and oxygen atoms in total. The minimum Gasteiger partial charge on any atom is -0.463 e. The quantitative estimate of drug-likeness (QED) is 0.185. The standard InChI is InChI=1S/C16H31NO4P/c1-5-15(18)21-12-10-8-6-7-9-11-13-22(20)16(19)14-17(2,3)4/h5,20H,1,6-14H2,2-4H3/q+1. The molecule has 0 spiro atoms. The monoisotopic (exact) mass is 332 g/mol. The molecule has 0 aliphatic rings. The Morgan fingerprint density at radius 3 is 2.18 bits per heavy atom. The van der Waals surface area contributed by atoms with Crippen molar-refractivity contribution in [2.45, 2.75) is 38.5 Å². The van der Waals surface area contributed by atoms with E-state index in [0.717, 1.165) is 38.5 Å². The number of carbonyl (C=O) groups is 2. The first-order valence-electron chi connectivity index (χ1n) is 7.85. The lowest BCUT2D eigenvalue weighted by Gasteiger charge is -2.23. The number of hydrogen-bond donors (Lipinski definition) is 1. The van der Waals surface area contributed by atoms with Gasteiger partial charge in [-0.05, 0) is 19.0 Å². The smallest absolute Gasteiger partial charge is 0.330 e. The van der Waals surface area contributed by atoms with Crippen molar-refractivity contribution in [3.8, 4) is 0 Å². The first kappa shape index (κ1) is 21.2. The van der Waals surface area contributed by atoms with Crippen LogP contribution >= 0.6 is 8.15 Å². The third kappa shape index (κ3) is 12.9. The number of likely N-dealkylation sites (N-methyl/N-ethyl adjacent to an activating group) is 1. The molecular formula is C16H31NO4P+. The van der Waals surface area contributed by atoms with Crippen LogP contribution in [0.3, 0.4) is 0 Å². The highest BCUT2D eigenvalue weighted by Gasteiger charge is 2.21. The lowest BCUT2D eigenvalue weighted by atomic mass is 10.1. The third-order valence-corrected chi connectivity index (χ3v) is 4.53. The van der Waals surface area contributed by atoms with Crippen LogP contribution in [-0.2, 0) is 14.3 Å². The number of esters is 1. The topological polar surface area (TPSA) is 63.6 Å². The molecule has 1 unspecified atom stereocenters. The van der Waals surface area contributed by atoms with Crippen molar-refractivity contribution in [3.63, 3.8) is 0 Å². The van der Waals surface area contributed by atoms with Gasteiger partial charge in [-0.25, -0.2) is 4.79 Å². The molecule has 1 atom stereocenters. The SMILES string of the molecule is C=CC(=O)OCCCCCCCCP(O)C(=O)C[N+](C)(C)C. The van der Waals surface area contributed by atoms with Crippen molar-refractivity contribution >= 4 is 19.6 Å². The van der Waals surface area contributed by atoms with E-state index in [1.54, 1.807) is 0 Å². The Bertz CT molecular complexity index is 353. The second-order valence-electron chi connectivity index (χ2n) is 6.46. The molecule has 0 heterocycles. The Morgan fingerprint density at radius 2 is 1.64 bits per heavy atom. The van der Waals surface area contributed by atoms with Crippen molar-refractivity contribution in [2.24, 2.45) is 0 Å². The van der Waals surface area contributed by atoms with Crippen LogP contribution in [0.15, 0.2) is 12.7 Å². The van der Waals surface area contributed by atoms with E-state index in [1.807, 2.05) is 21.1 Å². The van der Waals surface area contributed by atoms with Crippen molar-refractivity contribution < 1.29 is 23.7 Å². The minimum atomic E-state index is -1.47. The predicted molar refractivity (Wildman–Crippen MR) is 90.8 cm³/mol. The summed E-state index contributed by atoms with van der Waals surface area (Å²) in [4.78, 5) is 32.5. The van der Waals surface area contributed by atoms with Gasteiger partial charge in [-0.2, -0.15) is 0 Å². The Hall–Kier alpha value is -0.770. The molecule has 0 amide bonds. The number of rotatable bonds is 13. The Labute approximate surface area is 135 Å². The number of unbranched alkanes of at least 4 members (excludes halogenated alkanes) is 5. The molecule has 0 aromatic rings. The van der Waals surface area contributed by atoms with Gasteiger partial charge in [0.25, 0.3) is 0 Å². The third-order valence-electron chi connectivity index (χ3n) is 3.07. The Morgan fingerprint density at radius 1 is 1.09 bits per heavy atom. The second-order valence-corrected chi connectivity index (χ2v) is 8.20. The predicted octanol–water partition coefficient (Wildman–Crippen LogP) is 2.68. The van der Waals surface area contributed by atoms with Crippen LogP contribution in [0.25, 0.3) is 0 Å². The Kier molecular flexibility index (Phi) is 11.3. The number of hydrogen-bond acceptors (Lipinski definition) is 4. The van der Waals surface area contributed by atoms with Gasteiger partial charge in [-0.15, -0.1) is 0 Å². The fourth-order valence-corrected chi connectivity index (χ4v) is 3.27. The van der Waals surface area contributed by atoms with E-state index < -0.39 is 8.15 Å². The molecule has 0 saturated heterocycles. The molecule has 0 radical (unpaired) electrons. The summed E-state index contributed by atoms with van der Waals surface area (Å²) < 4.78 is 5.45. The molecule has 22 heavy (non-hydrogen) atoms. The molecule has 0 fully saturated rings. The summed E-state index contributed by atoms with van der Waals surface area (Å²) in [6.45, 7) is 4.18. The minimum absolute atomic E-state index is 0.00784. The summed E-state index contributed by atoms with van der Waals surface area (Å²) in [6.07, 6.45) is 7.79. The van der Waals surface area contributed by atoms with E-state index in [1.165, 1.54) is 6.08 Å². The lowest BCUT2D eigenvalue weighted by molar-refractivity contribution is -0.861. The maximum Gasteiger partial charge on any atom is 0.330 e. The van der Waals surface area contributed by atoms with Crippen molar-refractivity contribution in [1.29, 1.82) is 0 Å². The summed E-state index contributed by atoms with van der Waals surface area (Å²) in [5.74, 6) is -0.366. The molecule has 0 aromatic heterocycles. The summed E-state index contributed by atoms with van der Waals surface area (Å²) in [5, 5.41) is 0. The van der Waals surface area contributed by atoms with Gasteiger partial charge in [-0.1, -0.05) is 32.3 Å². The van der Waals surface area contributed by atoms with Crippen LogP contribution in [0, 0.1) is 0 Å². The van der Waals surface area contributed by atoms with Crippen LogP contribution in [0.4, 0.5) is 0 Å². The van der Waals surface area contributed by atoms with Crippen LogP contribution < -0.4 is 0 Å². The normalized spacial score (nSPS) is 12.7. The van der Waals surface area contributed by atoms with Gasteiger partial charge in [0.15, 0.2) is 0 Å². The number of ether oxygens (including phenoxy) is 1. The van der Waals surface area contributed by atoms with Crippen molar-refractivity contribution in [1.82, 2.24) is 0 Å². The van der Waals surface area contributed by atoms with E-state index in [2.05, 4.69) is 6.58 Å². The average molecular weight is 332 g/mol. The van der Waals surface area contributed by atoms with Crippen LogP contribution in [-0.4, -0.2) is 61.3 Å². The zero-order valence-electron chi connectivity index (χ0n) is 14.2. The molecule has 0 bridgehead atoms. The summed E-state index contributed by atoms with van der Waals surface area (Å²) in [7, 11) is 4.39. The molecule has 128 valence electrons. The zero-order valence-corrected chi connectivity index (χ0v) is 15.1. The van der Waals surface area contributed by atoms with Gasteiger partial charge in [0.2, 0.25) is 5.52 Å². The zero-order chi connectivity index (χ0) is 17.0. The molecule has 6 heteroatoms. The van der Waals surface area contributed by atoms with Gasteiger partial charge in [0, 0.05) is 6.08 Å². The van der Waals surface area contributed by atoms with Gasteiger partial charge >= 0.3 is 5.97 Å². The first-order valence-corrected chi connectivity index (χ1v) is 9.33. The number of quaternary nitrogens is 1. The van der Waals surface area contributed by atoms with E-state index in [4.69, 9.17) is 4.74 Å². The van der Waals surface area contributed by atoms with Gasteiger partial charge in [-0.3, -0.25) is 4.79 Å². The highest BCUT2D eigenvalue weighted by molar-refractivity contribution is 7.69. The average Bonchev–Trinajstić information content (AvgIpc) is 2.42. The molecule has 1 N–H and O–H groups in total. The molecule has 0 saturated carbocycles. The van der Waals surface area contributed by atoms with Crippen molar-refractivity contribution in [3.05, 3.63) is 12.7 Å². The van der Waals surface area contributed by atoms with Gasteiger partial charge in [0.1, 0.15) is 14.7 Å². The summed E-state index contributed by atoms with van der Waals surface area (Å²) >= 11 is 0. The fourth-order valence-electron chi connectivity index (χ4n) is 1.91. The summed E-state index contributed by atoms with van der Waals surface area (Å²) in [6, 6.07) is 0. The van der Waals surface area contributed by atoms with E-state index in [-0.39, 0.29) is 11.5 Å². The first-order chi connectivity index (χ1) is 10.3. The van der Waals surface area contributed by atoms with E-state index >= 15 is 0 Å². The van der Waals surface area contributed by atoms with Crippen LogP contribution in [0.1, 0.15) is 38.5 Å². The van der Waals surface area contributed by atoms with Crippen LogP contribution in [0.2, 0.25) is 0 Å². The highest BCUT2D eigenvalue weighted by atomic mass is 31.1. The van der Waals surface area contributed by atoms with E-state index in [9.17, 15) is 14.5 Å². The van der Waals surface area contributed by atoms with E-state index in [0.29, 0.717) is 23.8 Å².